The summed E-state index contributed by atoms with van der Waals surface area (Å²) in [6.45, 7) is 1.51. The van der Waals surface area contributed by atoms with E-state index in [4.69, 9.17) is 40.5 Å². The average molecular weight is 364 g/mol. The van der Waals surface area contributed by atoms with Crippen molar-refractivity contribution in [1.29, 1.82) is 0 Å². The monoisotopic (exact) mass is 362 g/mol. The van der Waals surface area contributed by atoms with Gasteiger partial charge in [-0.05, 0) is 18.6 Å². The summed E-state index contributed by atoms with van der Waals surface area (Å²) in [5, 5.41) is -0.136. The number of hydrogen-bond donors (Lipinski definition) is 1. The molecule has 1 heterocycles. The first-order valence-electron chi connectivity index (χ1n) is 5.97. The Bertz CT molecular complexity index is 781. The van der Waals surface area contributed by atoms with E-state index in [1.54, 1.807) is 0 Å². The molecule has 2 N–H and O–H groups in total. The van der Waals surface area contributed by atoms with Crippen LogP contribution < -0.4 is 5.73 Å². The number of benzene rings is 1. The Labute approximate surface area is 140 Å². The van der Waals surface area contributed by atoms with E-state index in [0.717, 1.165) is 0 Å². The molecule has 2 aromatic rings. The summed E-state index contributed by atoms with van der Waals surface area (Å²) in [5.74, 6) is -1.38. The number of anilines is 1. The molecule has 0 unspecified atom stereocenters. The summed E-state index contributed by atoms with van der Waals surface area (Å²) >= 11 is 17.8. The third kappa shape index (κ3) is 2.72. The number of nitrogens with two attached hydrogens (primary N) is 1. The minimum atomic E-state index is -0.776. The summed E-state index contributed by atoms with van der Waals surface area (Å²) in [6, 6.07) is 2.89. The molecule has 0 bridgehead atoms. The zero-order valence-corrected chi connectivity index (χ0v) is 13.8. The SMILES string of the molecule is COC(=O)c1nc(-c2ccc(Cl)c(F)c2C)c(Cl)c(N)c1Cl. The van der Waals surface area contributed by atoms with Gasteiger partial charge >= 0.3 is 5.97 Å². The highest BCUT2D eigenvalue weighted by atomic mass is 35.5. The zero-order valence-electron chi connectivity index (χ0n) is 11.5. The van der Waals surface area contributed by atoms with E-state index in [2.05, 4.69) is 9.72 Å². The summed E-state index contributed by atoms with van der Waals surface area (Å²) < 4.78 is 18.6. The van der Waals surface area contributed by atoms with Gasteiger partial charge in [0.15, 0.2) is 5.69 Å². The Kier molecular flexibility index (Phi) is 4.80. The molecule has 0 aliphatic rings. The molecular formula is C14H10Cl3FN2O2. The number of hydrogen-bond acceptors (Lipinski definition) is 4. The normalized spacial score (nSPS) is 10.6. The number of methoxy groups -OCH3 is 1. The second-order valence-corrected chi connectivity index (χ2v) is 5.54. The fourth-order valence-electron chi connectivity index (χ4n) is 1.88. The van der Waals surface area contributed by atoms with Gasteiger partial charge in [-0.3, -0.25) is 0 Å². The predicted octanol–water partition coefficient (Wildman–Crippen LogP) is 4.53. The average Bonchev–Trinajstić information content (AvgIpc) is 2.51. The summed E-state index contributed by atoms with van der Waals surface area (Å²) in [6.07, 6.45) is 0. The number of ether oxygens (including phenoxy) is 1. The van der Waals surface area contributed by atoms with Crippen LogP contribution in [0.5, 0.6) is 0 Å². The molecule has 0 atom stereocenters. The van der Waals surface area contributed by atoms with Gasteiger partial charge in [0.1, 0.15) is 5.82 Å². The maximum absolute atomic E-state index is 14.0. The van der Waals surface area contributed by atoms with E-state index in [1.807, 2.05) is 0 Å². The van der Waals surface area contributed by atoms with Gasteiger partial charge in [-0.15, -0.1) is 0 Å². The van der Waals surface area contributed by atoms with E-state index >= 15 is 0 Å². The number of pyridine rings is 1. The number of carbonyl (C=O) groups is 1. The third-order valence-electron chi connectivity index (χ3n) is 3.09. The molecule has 116 valence electrons. The van der Waals surface area contributed by atoms with Gasteiger partial charge in [-0.2, -0.15) is 0 Å². The molecule has 0 radical (unpaired) electrons. The summed E-state index contributed by atoms with van der Waals surface area (Å²) in [4.78, 5) is 15.8. The smallest absolute Gasteiger partial charge is 0.358 e. The van der Waals surface area contributed by atoms with Gasteiger partial charge in [-0.1, -0.05) is 40.9 Å². The largest absolute Gasteiger partial charge is 0.464 e. The number of esters is 1. The number of halogens is 4. The van der Waals surface area contributed by atoms with Crippen LogP contribution in [0, 0.1) is 12.7 Å². The summed E-state index contributed by atoms with van der Waals surface area (Å²) in [7, 11) is 1.18. The van der Waals surface area contributed by atoms with E-state index in [0.29, 0.717) is 5.56 Å². The van der Waals surface area contributed by atoms with Gasteiger partial charge < -0.3 is 10.5 Å². The highest BCUT2D eigenvalue weighted by molar-refractivity contribution is 6.41. The van der Waals surface area contributed by atoms with Crippen LogP contribution in [0.2, 0.25) is 15.1 Å². The van der Waals surface area contributed by atoms with Crippen LogP contribution in [0.15, 0.2) is 12.1 Å². The van der Waals surface area contributed by atoms with Gasteiger partial charge in [-0.25, -0.2) is 14.2 Å². The van der Waals surface area contributed by atoms with Crippen LogP contribution in [0.1, 0.15) is 16.1 Å². The van der Waals surface area contributed by atoms with E-state index in [9.17, 15) is 9.18 Å². The zero-order chi connectivity index (χ0) is 16.6. The number of rotatable bonds is 2. The van der Waals surface area contributed by atoms with Gasteiger partial charge in [0, 0.05) is 5.56 Å². The van der Waals surface area contributed by atoms with Crippen molar-refractivity contribution in [2.45, 2.75) is 6.92 Å². The molecule has 4 nitrogen and oxygen atoms in total. The lowest BCUT2D eigenvalue weighted by Crippen LogP contribution is -2.09. The Balaban J connectivity index is 2.79. The van der Waals surface area contributed by atoms with Crippen molar-refractivity contribution >= 4 is 46.5 Å². The molecule has 0 aliphatic carbocycles. The molecule has 2 rings (SSSR count). The van der Waals surface area contributed by atoms with E-state index in [-0.39, 0.29) is 37.7 Å². The summed E-state index contributed by atoms with van der Waals surface area (Å²) in [5.41, 5.74) is 6.25. The Morgan fingerprint density at radius 3 is 2.50 bits per heavy atom. The molecule has 0 saturated carbocycles. The molecule has 0 saturated heterocycles. The highest BCUT2D eigenvalue weighted by Gasteiger charge is 2.23. The maximum Gasteiger partial charge on any atom is 0.358 e. The number of nitrogen functional groups attached to an aromatic ring is 1. The van der Waals surface area contributed by atoms with Crippen LogP contribution in [0.4, 0.5) is 10.1 Å². The molecule has 0 amide bonds. The molecular weight excluding hydrogens is 354 g/mol. The van der Waals surface area contributed by atoms with Crippen LogP contribution in [-0.2, 0) is 4.74 Å². The van der Waals surface area contributed by atoms with Crippen molar-refractivity contribution in [3.05, 3.63) is 44.3 Å². The Morgan fingerprint density at radius 1 is 1.27 bits per heavy atom. The second kappa shape index (κ2) is 6.28. The minimum Gasteiger partial charge on any atom is -0.464 e. The first kappa shape index (κ1) is 16.8. The van der Waals surface area contributed by atoms with Crippen LogP contribution in [-0.4, -0.2) is 18.1 Å². The van der Waals surface area contributed by atoms with Gasteiger partial charge in [0.05, 0.1) is 33.6 Å². The van der Waals surface area contributed by atoms with Crippen molar-refractivity contribution < 1.29 is 13.9 Å². The van der Waals surface area contributed by atoms with Crippen molar-refractivity contribution in [2.24, 2.45) is 0 Å². The first-order valence-corrected chi connectivity index (χ1v) is 7.10. The van der Waals surface area contributed by atoms with Crippen LogP contribution in [0.3, 0.4) is 0 Å². The fraction of sp³-hybridized carbons (Fsp3) is 0.143. The van der Waals surface area contributed by atoms with E-state index in [1.165, 1.54) is 26.2 Å². The molecule has 0 spiro atoms. The van der Waals surface area contributed by atoms with Crippen LogP contribution >= 0.6 is 34.8 Å². The van der Waals surface area contributed by atoms with E-state index < -0.39 is 11.8 Å². The lowest BCUT2D eigenvalue weighted by Gasteiger charge is -2.13. The van der Waals surface area contributed by atoms with Gasteiger partial charge in [0.2, 0.25) is 0 Å². The molecule has 0 aliphatic heterocycles. The van der Waals surface area contributed by atoms with Gasteiger partial charge in [0.25, 0.3) is 0 Å². The fourth-order valence-corrected chi connectivity index (χ4v) is 2.59. The maximum atomic E-state index is 14.0. The van der Waals surface area contributed by atoms with Crippen LogP contribution in [0.25, 0.3) is 11.3 Å². The Morgan fingerprint density at radius 2 is 1.91 bits per heavy atom. The predicted molar refractivity (Wildman–Crippen MR) is 85.1 cm³/mol. The molecule has 8 heteroatoms. The van der Waals surface area contributed by atoms with Crippen molar-refractivity contribution in [3.63, 3.8) is 0 Å². The first-order chi connectivity index (χ1) is 10.3. The number of nitrogens with zero attached hydrogens (tertiary/aromatic N) is 1. The molecule has 1 aromatic carbocycles. The second-order valence-electron chi connectivity index (χ2n) is 4.38. The number of aromatic nitrogens is 1. The molecule has 0 fully saturated rings. The highest BCUT2D eigenvalue weighted by Crippen LogP contribution is 2.39. The minimum absolute atomic E-state index is 0.0162. The lowest BCUT2D eigenvalue weighted by molar-refractivity contribution is 0.0594. The molecule has 22 heavy (non-hydrogen) atoms. The quantitative estimate of drug-likeness (QED) is 0.796. The topological polar surface area (TPSA) is 65.2 Å². The van der Waals surface area contributed by atoms with Crippen molar-refractivity contribution in [3.8, 4) is 11.3 Å². The Hall–Kier alpha value is -1.56. The van der Waals surface area contributed by atoms with Crippen molar-refractivity contribution in [2.75, 3.05) is 12.8 Å². The number of carbonyl (C=O) groups excluding carboxylic acids is 1. The standard InChI is InChI=1S/C14H10Cl3FN2O2/c1-5-6(3-4-7(15)10(5)18)12-8(16)11(19)9(17)13(20-12)14(21)22-2/h3-4H,1-2H3,(H2,19,20). The third-order valence-corrected chi connectivity index (χ3v) is 4.14. The molecule has 1 aromatic heterocycles. The van der Waals surface area contributed by atoms with Crippen molar-refractivity contribution in [1.82, 2.24) is 4.98 Å². The lowest BCUT2D eigenvalue weighted by atomic mass is 10.0.